The van der Waals surface area contributed by atoms with Crippen LogP contribution in [0.3, 0.4) is 0 Å². The molecule has 0 heterocycles. The van der Waals surface area contributed by atoms with Gasteiger partial charge in [0.15, 0.2) is 0 Å². The van der Waals surface area contributed by atoms with Crippen LogP contribution >= 0.6 is 7.82 Å². The van der Waals surface area contributed by atoms with Crippen LogP contribution in [0, 0.1) is 0 Å². The molecule has 10 heteroatoms. The van der Waals surface area contributed by atoms with Crippen LogP contribution in [-0.2, 0) is 27.9 Å². The summed E-state index contributed by atoms with van der Waals surface area (Å²) in [5, 5.41) is 3.07. The molecule has 0 saturated carbocycles. The van der Waals surface area contributed by atoms with E-state index in [-0.39, 0.29) is 25.1 Å². The minimum atomic E-state index is -4.44. The molecule has 0 radical (unpaired) electrons. The second kappa shape index (κ2) is 56.8. The Labute approximate surface area is 473 Å². The van der Waals surface area contributed by atoms with Crippen LogP contribution in [0.15, 0.2) is 24.3 Å². The number of carbonyl (C=O) groups excluding carboxylic acids is 2. The van der Waals surface area contributed by atoms with Crippen molar-refractivity contribution in [3.05, 3.63) is 24.3 Å². The van der Waals surface area contributed by atoms with Gasteiger partial charge in [-0.15, -0.1) is 0 Å². The number of phosphoric acid groups is 1. The van der Waals surface area contributed by atoms with Crippen molar-refractivity contribution >= 4 is 19.7 Å². The van der Waals surface area contributed by atoms with Gasteiger partial charge in [0.2, 0.25) is 5.91 Å². The summed E-state index contributed by atoms with van der Waals surface area (Å²) in [4.78, 5) is 37.8. The molecule has 0 aromatic carbocycles. The van der Waals surface area contributed by atoms with Gasteiger partial charge >= 0.3 is 13.8 Å². The summed E-state index contributed by atoms with van der Waals surface area (Å²) >= 11 is 0. The van der Waals surface area contributed by atoms with E-state index in [9.17, 15) is 19.0 Å². The number of esters is 1. The van der Waals surface area contributed by atoms with Gasteiger partial charge in [0.05, 0.1) is 33.8 Å². The third-order valence-corrected chi connectivity index (χ3v) is 16.1. The SMILES string of the molecule is CCCCCCCC/C=C/CCCCCCCCCCCCCCCC(=O)NC(COP(=O)(O)OCC[N+](C)(C)C)C(/C=C\CCCCCCCCCCCC)OC(=O)CCCCCCCCCCCCCCCCC. The van der Waals surface area contributed by atoms with Crippen LogP contribution < -0.4 is 5.32 Å². The molecule has 0 aliphatic heterocycles. The zero-order valence-electron chi connectivity index (χ0n) is 51.5. The first-order chi connectivity index (χ1) is 36.9. The largest absolute Gasteiger partial charge is 0.472 e. The van der Waals surface area contributed by atoms with Crippen LogP contribution in [0.5, 0.6) is 0 Å². The lowest BCUT2D eigenvalue weighted by Gasteiger charge is -2.27. The summed E-state index contributed by atoms with van der Waals surface area (Å²) in [5.41, 5.74) is 0. The highest BCUT2D eigenvalue weighted by Gasteiger charge is 2.30. The molecule has 0 saturated heterocycles. The molecule has 0 rings (SSSR count). The summed E-state index contributed by atoms with van der Waals surface area (Å²) in [6.45, 7) is 7.06. The van der Waals surface area contributed by atoms with Gasteiger partial charge in [-0.2, -0.15) is 0 Å². The van der Waals surface area contributed by atoms with Crippen LogP contribution in [0.25, 0.3) is 0 Å². The third kappa shape index (κ3) is 57.2. The monoisotopic (exact) mass is 1090 g/mol. The number of phosphoric ester groups is 1. The Bertz CT molecular complexity index is 1350. The van der Waals surface area contributed by atoms with Gasteiger partial charge in [-0.05, 0) is 57.4 Å². The highest BCUT2D eigenvalue weighted by atomic mass is 31.2. The number of hydrogen-bond donors (Lipinski definition) is 2. The van der Waals surface area contributed by atoms with E-state index in [1.807, 2.05) is 33.3 Å². The summed E-state index contributed by atoms with van der Waals surface area (Å²) < 4.78 is 30.8. The molecule has 0 fully saturated rings. The molecule has 0 aliphatic carbocycles. The van der Waals surface area contributed by atoms with E-state index in [2.05, 4.69) is 38.2 Å². The second-order valence-corrected chi connectivity index (χ2v) is 25.5. The fourth-order valence-electron chi connectivity index (χ4n) is 10.00. The average molecular weight is 1090 g/mol. The summed E-state index contributed by atoms with van der Waals surface area (Å²) in [7, 11) is 1.51. The number of likely N-dealkylation sites (N-methyl/N-ethyl adjacent to an activating group) is 1. The average Bonchev–Trinajstić information content (AvgIpc) is 3.38. The Kier molecular flexibility index (Phi) is 55.6. The molecule has 0 spiro atoms. The van der Waals surface area contributed by atoms with E-state index in [0.717, 1.165) is 57.8 Å². The Morgan fingerprint density at radius 2 is 0.763 bits per heavy atom. The standard InChI is InChI=1S/C66H129N2O7P/c1-7-10-13-16-19-22-25-28-30-31-32-33-34-35-36-37-39-40-43-46-49-52-55-58-65(69)67-63(62-74-76(71,72)73-61-60-68(4,5)6)64(57-54-51-48-45-42-27-24-21-18-15-12-9-3)75-66(70)59-56-53-50-47-44-41-38-29-26-23-20-17-14-11-8-2/h28,30,54,57,63-64H,7-27,29,31-53,55-56,58-62H2,1-6H3,(H-,67,69,71,72)/p+1/b30-28+,57-54-. The normalized spacial score (nSPS) is 13.7. The molecule has 3 atom stereocenters. The van der Waals surface area contributed by atoms with Crippen LogP contribution in [-0.4, -0.2) is 74.3 Å². The molecule has 1 amide bonds. The molecular weight excluding hydrogens is 964 g/mol. The molecule has 0 aliphatic rings. The Morgan fingerprint density at radius 1 is 0.447 bits per heavy atom. The molecule has 76 heavy (non-hydrogen) atoms. The maximum Gasteiger partial charge on any atom is 0.472 e. The topological polar surface area (TPSA) is 111 Å². The number of carbonyl (C=O) groups is 2. The lowest BCUT2D eigenvalue weighted by molar-refractivity contribution is -0.870. The first kappa shape index (κ1) is 74.5. The van der Waals surface area contributed by atoms with E-state index >= 15 is 0 Å². The first-order valence-electron chi connectivity index (χ1n) is 33.2. The van der Waals surface area contributed by atoms with Crippen molar-refractivity contribution in [2.24, 2.45) is 0 Å². The minimum Gasteiger partial charge on any atom is -0.456 e. The quantitative estimate of drug-likeness (QED) is 0.0205. The number of quaternary nitrogens is 1. The van der Waals surface area contributed by atoms with Gasteiger partial charge in [-0.25, -0.2) is 4.57 Å². The molecule has 9 nitrogen and oxygen atoms in total. The van der Waals surface area contributed by atoms with Gasteiger partial charge in [-0.3, -0.25) is 18.6 Å². The lowest BCUT2D eigenvalue weighted by atomic mass is 10.0. The van der Waals surface area contributed by atoms with E-state index in [4.69, 9.17) is 13.8 Å². The lowest BCUT2D eigenvalue weighted by Crippen LogP contribution is -2.47. The molecule has 450 valence electrons. The number of unbranched alkanes of at least 4 members (excludes halogenated alkanes) is 43. The summed E-state index contributed by atoms with van der Waals surface area (Å²) in [5.74, 6) is -0.486. The third-order valence-electron chi connectivity index (χ3n) is 15.1. The van der Waals surface area contributed by atoms with Gasteiger partial charge in [-0.1, -0.05) is 289 Å². The number of ether oxygens (including phenoxy) is 1. The number of nitrogens with one attached hydrogen (secondary N) is 1. The Balaban J connectivity index is 5.09. The molecule has 3 unspecified atom stereocenters. The van der Waals surface area contributed by atoms with Crippen LogP contribution in [0.1, 0.15) is 335 Å². The molecular formula is C66H130N2O7P+. The number of amides is 1. The van der Waals surface area contributed by atoms with Crippen molar-refractivity contribution in [3.8, 4) is 0 Å². The maximum absolute atomic E-state index is 13.6. The van der Waals surface area contributed by atoms with Gasteiger partial charge in [0.25, 0.3) is 0 Å². The zero-order chi connectivity index (χ0) is 55.7. The molecule has 0 aromatic rings. The van der Waals surface area contributed by atoms with Crippen molar-refractivity contribution in [1.29, 1.82) is 0 Å². The number of rotatable bonds is 61. The van der Waals surface area contributed by atoms with Crippen LogP contribution in [0.2, 0.25) is 0 Å². The smallest absolute Gasteiger partial charge is 0.456 e. The zero-order valence-corrected chi connectivity index (χ0v) is 52.4. The number of allylic oxidation sites excluding steroid dienone is 3. The van der Waals surface area contributed by atoms with Crippen molar-refractivity contribution in [2.45, 2.75) is 348 Å². The van der Waals surface area contributed by atoms with E-state index < -0.39 is 20.0 Å². The molecule has 0 bridgehead atoms. The molecule has 2 N–H and O–H groups in total. The fourth-order valence-corrected chi connectivity index (χ4v) is 10.7. The maximum atomic E-state index is 13.6. The molecule has 0 aromatic heterocycles. The Morgan fingerprint density at radius 3 is 1.12 bits per heavy atom. The summed E-state index contributed by atoms with van der Waals surface area (Å²) in [6, 6.07) is -0.842. The first-order valence-corrected chi connectivity index (χ1v) is 34.7. The predicted octanol–water partition coefficient (Wildman–Crippen LogP) is 20.5. The second-order valence-electron chi connectivity index (χ2n) is 24.0. The number of hydrogen-bond acceptors (Lipinski definition) is 6. The highest BCUT2D eigenvalue weighted by molar-refractivity contribution is 7.47. The predicted molar refractivity (Wildman–Crippen MR) is 328 cm³/mol. The number of nitrogens with zero attached hydrogens (tertiary/aromatic N) is 1. The van der Waals surface area contributed by atoms with Gasteiger partial charge in [0, 0.05) is 12.8 Å². The van der Waals surface area contributed by atoms with Crippen molar-refractivity contribution in [3.63, 3.8) is 0 Å². The van der Waals surface area contributed by atoms with Crippen molar-refractivity contribution < 1.29 is 37.3 Å². The van der Waals surface area contributed by atoms with Crippen molar-refractivity contribution in [1.82, 2.24) is 5.32 Å². The van der Waals surface area contributed by atoms with E-state index in [1.54, 1.807) is 0 Å². The van der Waals surface area contributed by atoms with Gasteiger partial charge in [0.1, 0.15) is 19.3 Å². The van der Waals surface area contributed by atoms with E-state index in [1.165, 1.54) is 244 Å². The van der Waals surface area contributed by atoms with Crippen molar-refractivity contribution in [2.75, 3.05) is 40.9 Å². The fraction of sp³-hybridized carbons (Fsp3) is 0.909. The summed E-state index contributed by atoms with van der Waals surface area (Å²) in [6.07, 6.45) is 67.5. The Hall–Kier alpha value is -1.51. The van der Waals surface area contributed by atoms with Gasteiger partial charge < -0.3 is 19.4 Å². The highest BCUT2D eigenvalue weighted by Crippen LogP contribution is 2.43. The van der Waals surface area contributed by atoms with E-state index in [0.29, 0.717) is 23.9 Å². The van der Waals surface area contributed by atoms with Crippen LogP contribution in [0.4, 0.5) is 0 Å². The minimum absolute atomic E-state index is 0.0442.